The molecule has 0 bridgehead atoms. The van der Waals surface area contributed by atoms with Crippen LogP contribution in [0.15, 0.2) is 46.2 Å². The molecule has 0 saturated carbocycles. The number of Topliss-reactive ketones (excluding diaryl/α,β-unsaturated/α-hetero) is 1. The highest BCUT2D eigenvalue weighted by Gasteiger charge is 2.28. The van der Waals surface area contributed by atoms with E-state index in [0.717, 1.165) is 48.9 Å². The lowest BCUT2D eigenvalue weighted by Gasteiger charge is -2.32. The van der Waals surface area contributed by atoms with E-state index in [2.05, 4.69) is 21.8 Å². The molecule has 0 amide bonds. The van der Waals surface area contributed by atoms with Gasteiger partial charge in [0, 0.05) is 38.5 Å². The summed E-state index contributed by atoms with van der Waals surface area (Å²) in [6.45, 7) is 4.86. The van der Waals surface area contributed by atoms with Gasteiger partial charge in [-0.1, -0.05) is 6.07 Å². The van der Waals surface area contributed by atoms with Gasteiger partial charge in [0.25, 0.3) is 0 Å². The fraction of sp³-hybridized carbons (Fsp3) is 0.400. The summed E-state index contributed by atoms with van der Waals surface area (Å²) in [6, 6.07) is 5.89. The molecule has 4 heterocycles. The minimum atomic E-state index is -0.0346. The average molecular weight is 378 g/mol. The second-order valence-corrected chi connectivity index (χ2v) is 7.28. The van der Waals surface area contributed by atoms with E-state index in [9.17, 15) is 4.79 Å². The first-order chi connectivity index (χ1) is 13.7. The Balaban J connectivity index is 1.61. The maximum Gasteiger partial charge on any atom is 0.187 e. The Labute approximate surface area is 162 Å². The minimum Gasteiger partial charge on any atom is -0.490 e. The number of carbonyl (C=O) groups is 1. The molecule has 28 heavy (non-hydrogen) atoms. The van der Waals surface area contributed by atoms with Gasteiger partial charge in [-0.2, -0.15) is 0 Å². The second-order valence-electron chi connectivity index (χ2n) is 7.28. The molecule has 2 aromatic heterocycles. The first-order valence-electron chi connectivity index (χ1n) is 9.60. The lowest BCUT2D eigenvalue weighted by molar-refractivity contribution is -0.112. The van der Waals surface area contributed by atoms with Crippen LogP contribution in [-0.2, 0) is 9.53 Å². The van der Waals surface area contributed by atoms with Gasteiger partial charge in [0.2, 0.25) is 0 Å². The molecule has 0 N–H and O–H groups in total. The Bertz CT molecular complexity index is 1030. The number of ether oxygens (including phenoxy) is 1. The van der Waals surface area contributed by atoms with E-state index >= 15 is 0 Å². The first kappa shape index (κ1) is 17.1. The van der Waals surface area contributed by atoms with Gasteiger partial charge < -0.3 is 14.5 Å². The molecule has 0 aromatic carbocycles. The number of aromatic nitrogens is 2. The van der Waals surface area contributed by atoms with Gasteiger partial charge in [0.15, 0.2) is 11.6 Å². The molecule has 2 aliphatic heterocycles. The highest BCUT2D eigenvalue weighted by molar-refractivity contribution is 6.51. The van der Waals surface area contributed by atoms with Gasteiger partial charge >= 0.3 is 0 Å². The number of ketones is 1. The number of hydrogen-bond acceptors (Lipinski definition) is 7. The molecule has 144 valence electrons. The van der Waals surface area contributed by atoms with Crippen molar-refractivity contribution in [2.45, 2.75) is 6.42 Å². The summed E-state index contributed by atoms with van der Waals surface area (Å²) in [5.41, 5.74) is 2.76. The van der Waals surface area contributed by atoms with Crippen LogP contribution in [0.25, 0.3) is 5.52 Å². The zero-order valence-corrected chi connectivity index (χ0v) is 15.8. The summed E-state index contributed by atoms with van der Waals surface area (Å²) in [6.07, 6.45) is 3.88. The predicted octanol–water partition coefficient (Wildman–Crippen LogP) is 1.49. The number of nitrogens with zero attached hydrogens (tertiary/aromatic N) is 6. The Hall–Kier alpha value is -3.00. The monoisotopic (exact) mass is 378 g/mol. The quantitative estimate of drug-likeness (QED) is 0.791. The van der Waals surface area contributed by atoms with Gasteiger partial charge in [-0.3, -0.25) is 9.79 Å². The van der Waals surface area contributed by atoms with Crippen LogP contribution in [0.1, 0.15) is 6.42 Å². The predicted molar refractivity (Wildman–Crippen MR) is 108 cm³/mol. The molecule has 5 rings (SSSR count). The molecule has 0 unspecified atom stereocenters. The highest BCUT2D eigenvalue weighted by Crippen LogP contribution is 2.34. The standard InChI is InChI=1S/C20H22N6O2/c1-24-7-9-25(10-8-24)20-19(16-4-2-3-6-26(16)23-20)22-14-13-18-15(12-17(14)27)21-5-11-28-18/h2-4,6,13H,5,7-12H2,1H3. The van der Waals surface area contributed by atoms with Crippen LogP contribution < -0.4 is 4.90 Å². The van der Waals surface area contributed by atoms with Crippen LogP contribution >= 0.6 is 0 Å². The minimum absolute atomic E-state index is 0.0346. The SMILES string of the molecule is CN1CCN(c2nn3ccccc3c2N=C2C=C3OCCN=C3CC2=O)CC1. The number of pyridine rings is 1. The summed E-state index contributed by atoms with van der Waals surface area (Å²) in [7, 11) is 2.12. The summed E-state index contributed by atoms with van der Waals surface area (Å²) in [5, 5.41) is 4.76. The van der Waals surface area contributed by atoms with Gasteiger partial charge in [-0.15, -0.1) is 5.10 Å². The van der Waals surface area contributed by atoms with E-state index < -0.39 is 0 Å². The number of fused-ring (bicyclic) bond motifs is 2. The number of carbonyl (C=O) groups excluding carboxylic acids is 1. The summed E-state index contributed by atoms with van der Waals surface area (Å²) in [4.78, 5) is 26.4. The van der Waals surface area contributed by atoms with E-state index in [-0.39, 0.29) is 12.2 Å². The van der Waals surface area contributed by atoms with Gasteiger partial charge in [0.1, 0.15) is 23.8 Å². The van der Waals surface area contributed by atoms with Crippen molar-refractivity contribution in [2.24, 2.45) is 9.98 Å². The number of rotatable bonds is 2. The number of aliphatic imine (C=N–C) groups is 2. The molecule has 0 atom stereocenters. The lowest BCUT2D eigenvalue weighted by Crippen LogP contribution is -2.44. The van der Waals surface area contributed by atoms with Crippen LogP contribution in [0.5, 0.6) is 0 Å². The zero-order valence-electron chi connectivity index (χ0n) is 15.8. The Kier molecular flexibility index (Phi) is 4.20. The van der Waals surface area contributed by atoms with E-state index in [0.29, 0.717) is 24.6 Å². The van der Waals surface area contributed by atoms with Crippen LogP contribution in [0.2, 0.25) is 0 Å². The van der Waals surface area contributed by atoms with Crippen molar-refractivity contribution in [3.8, 4) is 0 Å². The van der Waals surface area contributed by atoms with Crippen molar-refractivity contribution in [1.82, 2.24) is 14.5 Å². The summed E-state index contributed by atoms with van der Waals surface area (Å²) >= 11 is 0. The number of likely N-dealkylation sites (N-methyl/N-ethyl adjacent to an activating group) is 1. The van der Waals surface area contributed by atoms with Gasteiger partial charge in [-0.25, -0.2) is 9.51 Å². The Morgan fingerprint density at radius 3 is 2.89 bits per heavy atom. The summed E-state index contributed by atoms with van der Waals surface area (Å²) < 4.78 is 7.52. The summed E-state index contributed by atoms with van der Waals surface area (Å²) in [5.74, 6) is 1.46. The molecule has 1 fully saturated rings. The third-order valence-electron chi connectivity index (χ3n) is 5.35. The van der Waals surface area contributed by atoms with E-state index in [4.69, 9.17) is 14.8 Å². The fourth-order valence-corrected chi connectivity index (χ4v) is 3.74. The fourth-order valence-electron chi connectivity index (χ4n) is 3.74. The van der Waals surface area contributed by atoms with E-state index in [1.54, 1.807) is 6.08 Å². The van der Waals surface area contributed by atoms with Crippen molar-refractivity contribution >= 4 is 34.2 Å². The molecular formula is C20H22N6O2. The molecule has 2 aromatic rings. The molecule has 3 aliphatic rings. The molecule has 1 saturated heterocycles. The van der Waals surface area contributed by atoms with Gasteiger partial charge in [-0.05, 0) is 19.2 Å². The molecule has 8 heteroatoms. The zero-order chi connectivity index (χ0) is 19.1. The average Bonchev–Trinajstić information content (AvgIpc) is 3.08. The maximum absolute atomic E-state index is 12.7. The Morgan fingerprint density at radius 2 is 2.04 bits per heavy atom. The highest BCUT2D eigenvalue weighted by atomic mass is 16.5. The number of piperazine rings is 1. The van der Waals surface area contributed by atoms with E-state index in [1.807, 2.05) is 28.9 Å². The largest absolute Gasteiger partial charge is 0.490 e. The van der Waals surface area contributed by atoms with E-state index in [1.165, 1.54) is 0 Å². The molecule has 8 nitrogen and oxygen atoms in total. The van der Waals surface area contributed by atoms with Crippen molar-refractivity contribution in [3.63, 3.8) is 0 Å². The smallest absolute Gasteiger partial charge is 0.187 e. The van der Waals surface area contributed by atoms with Crippen molar-refractivity contribution in [3.05, 3.63) is 36.2 Å². The molecule has 0 radical (unpaired) electrons. The van der Waals surface area contributed by atoms with Gasteiger partial charge in [0.05, 0.1) is 24.2 Å². The Morgan fingerprint density at radius 1 is 1.18 bits per heavy atom. The first-order valence-corrected chi connectivity index (χ1v) is 9.60. The van der Waals surface area contributed by atoms with Crippen LogP contribution in [-0.4, -0.2) is 78.1 Å². The molecule has 0 spiro atoms. The van der Waals surface area contributed by atoms with Crippen molar-refractivity contribution < 1.29 is 9.53 Å². The topological polar surface area (TPSA) is 74.8 Å². The third kappa shape index (κ3) is 2.99. The second kappa shape index (κ2) is 6.87. The van der Waals surface area contributed by atoms with Crippen LogP contribution in [0, 0.1) is 0 Å². The van der Waals surface area contributed by atoms with Crippen LogP contribution in [0.3, 0.4) is 0 Å². The van der Waals surface area contributed by atoms with Crippen LogP contribution in [0.4, 0.5) is 11.5 Å². The number of hydrogen-bond donors (Lipinski definition) is 0. The number of allylic oxidation sites excluding steroid dienone is 2. The molecule has 1 aliphatic carbocycles. The normalized spacial score (nSPS) is 22.1. The molecular weight excluding hydrogens is 356 g/mol. The van der Waals surface area contributed by atoms with Crippen molar-refractivity contribution in [2.75, 3.05) is 51.3 Å². The maximum atomic E-state index is 12.7. The number of anilines is 1. The van der Waals surface area contributed by atoms with Crippen molar-refractivity contribution in [1.29, 1.82) is 0 Å². The third-order valence-corrected chi connectivity index (χ3v) is 5.35. The lowest BCUT2D eigenvalue weighted by atomic mass is 10.00.